The Hall–Kier alpha value is -2.86. The maximum atomic E-state index is 13.8. The van der Waals surface area contributed by atoms with Gasteiger partial charge in [-0.05, 0) is 23.6 Å². The fourth-order valence-electron chi connectivity index (χ4n) is 3.30. The smallest absolute Gasteiger partial charge is 0.324 e. The lowest BCUT2D eigenvalue weighted by Crippen LogP contribution is -2.50. The Morgan fingerprint density at radius 3 is 2.77 bits per heavy atom. The first-order valence-corrected chi connectivity index (χ1v) is 10.9. The molecule has 0 saturated carbocycles. The molecule has 0 saturated heterocycles. The van der Waals surface area contributed by atoms with Crippen LogP contribution in [0.1, 0.15) is 6.42 Å². The lowest BCUT2D eigenvalue weighted by atomic mass is 10.1. The van der Waals surface area contributed by atoms with Crippen molar-refractivity contribution in [3.8, 4) is 0 Å². The number of nitrogens with zero attached hydrogens (tertiary/aromatic N) is 3. The molecule has 3 aromatic rings. The Kier molecular flexibility index (Phi) is 5.52. The van der Waals surface area contributed by atoms with Crippen LogP contribution in [0.2, 0.25) is 0 Å². The monoisotopic (exact) mass is 468 g/mol. The number of hydrogen-bond acceptors (Lipinski definition) is 6. The first kappa shape index (κ1) is 21.4. The molecule has 31 heavy (non-hydrogen) atoms. The van der Waals surface area contributed by atoms with Gasteiger partial charge >= 0.3 is 6.18 Å². The number of nitrogens with one attached hydrogen (secondary N) is 1. The number of aromatic nitrogens is 2. The average Bonchev–Trinajstić information content (AvgIpc) is 3.11. The molecule has 1 atom stereocenters. The molecule has 1 aliphatic rings. The van der Waals surface area contributed by atoms with Gasteiger partial charge in [-0.2, -0.15) is 13.2 Å². The number of alkyl halides is 3. The number of hydrogen-bond donors (Lipinski definition) is 1. The molecular formula is C19H15F3N4O3S2. The third kappa shape index (κ3) is 4.04. The molecular weight excluding hydrogens is 453 g/mol. The van der Waals surface area contributed by atoms with Crippen LogP contribution in [0.5, 0.6) is 0 Å². The third-order valence-electron chi connectivity index (χ3n) is 4.76. The van der Waals surface area contributed by atoms with Crippen LogP contribution in [0.25, 0.3) is 10.2 Å². The molecule has 1 aromatic carbocycles. The number of benzene rings is 1. The highest BCUT2D eigenvalue weighted by Crippen LogP contribution is 2.38. The number of para-hydroxylation sites is 2. The molecule has 162 valence electrons. The van der Waals surface area contributed by atoms with Crippen LogP contribution in [-0.4, -0.2) is 39.3 Å². The minimum Gasteiger partial charge on any atom is -0.324 e. The van der Waals surface area contributed by atoms with Crippen molar-refractivity contribution >= 4 is 56.5 Å². The zero-order chi connectivity index (χ0) is 22.3. The fraction of sp³-hybridized carbons (Fsp3) is 0.263. The van der Waals surface area contributed by atoms with Gasteiger partial charge in [0.1, 0.15) is 10.9 Å². The van der Waals surface area contributed by atoms with E-state index in [2.05, 4.69) is 10.3 Å². The van der Waals surface area contributed by atoms with Gasteiger partial charge in [-0.25, -0.2) is 4.98 Å². The molecule has 2 amide bonds. The number of thiophene rings is 1. The average molecular weight is 468 g/mol. The zero-order valence-electron chi connectivity index (χ0n) is 16.0. The highest BCUT2D eigenvalue weighted by Gasteiger charge is 2.48. The quantitative estimate of drug-likeness (QED) is 0.471. The van der Waals surface area contributed by atoms with Crippen molar-refractivity contribution in [3.05, 3.63) is 46.1 Å². The van der Waals surface area contributed by atoms with Crippen LogP contribution in [0.15, 0.2) is 45.7 Å². The Balaban J connectivity index is 1.68. The van der Waals surface area contributed by atoms with Gasteiger partial charge < -0.3 is 5.32 Å². The molecule has 1 unspecified atom stereocenters. The van der Waals surface area contributed by atoms with Crippen molar-refractivity contribution in [3.63, 3.8) is 0 Å². The summed E-state index contributed by atoms with van der Waals surface area (Å²) in [6, 6.07) is 5.18. The van der Waals surface area contributed by atoms with Gasteiger partial charge in [0.25, 0.3) is 5.56 Å². The van der Waals surface area contributed by atoms with Crippen molar-refractivity contribution in [2.45, 2.75) is 23.8 Å². The van der Waals surface area contributed by atoms with Crippen molar-refractivity contribution in [2.24, 2.45) is 7.05 Å². The van der Waals surface area contributed by atoms with Crippen molar-refractivity contribution in [1.29, 1.82) is 0 Å². The van der Waals surface area contributed by atoms with E-state index < -0.39 is 36.2 Å². The lowest BCUT2D eigenvalue weighted by molar-refractivity contribution is -0.157. The van der Waals surface area contributed by atoms with E-state index in [0.717, 1.165) is 11.8 Å². The molecule has 0 aliphatic carbocycles. The van der Waals surface area contributed by atoms with E-state index in [1.807, 2.05) is 0 Å². The zero-order valence-corrected chi connectivity index (χ0v) is 17.6. The van der Waals surface area contributed by atoms with Crippen molar-refractivity contribution < 1.29 is 22.8 Å². The minimum atomic E-state index is -4.81. The minimum absolute atomic E-state index is 0.0307. The molecule has 1 N–H and O–H groups in total. The van der Waals surface area contributed by atoms with Crippen molar-refractivity contribution in [2.75, 3.05) is 16.0 Å². The summed E-state index contributed by atoms with van der Waals surface area (Å²) in [7, 11) is 1.49. The van der Waals surface area contributed by atoms with Crippen LogP contribution in [0.3, 0.4) is 0 Å². The van der Waals surface area contributed by atoms with Crippen LogP contribution in [0.4, 0.5) is 24.5 Å². The predicted octanol–water partition coefficient (Wildman–Crippen LogP) is 3.39. The normalized spacial score (nSPS) is 16.7. The molecule has 3 heterocycles. The molecule has 1 aliphatic heterocycles. The van der Waals surface area contributed by atoms with E-state index in [0.29, 0.717) is 15.1 Å². The number of thioether (sulfide) groups is 1. The lowest BCUT2D eigenvalue weighted by Gasteiger charge is -2.31. The van der Waals surface area contributed by atoms with E-state index in [1.54, 1.807) is 17.5 Å². The fourth-order valence-corrected chi connectivity index (χ4v) is 4.94. The Morgan fingerprint density at radius 2 is 2.03 bits per heavy atom. The number of rotatable bonds is 3. The second-order valence-electron chi connectivity index (χ2n) is 6.78. The third-order valence-corrected chi connectivity index (χ3v) is 6.58. The number of carbonyl (C=O) groups excluding carboxylic acids is 2. The van der Waals surface area contributed by atoms with Gasteiger partial charge in [0.15, 0.2) is 5.16 Å². The summed E-state index contributed by atoms with van der Waals surface area (Å²) in [5.74, 6) is -2.08. The number of anilines is 2. The SMILES string of the molecule is Cn1c(SCC(=O)N2c3ccccc3NC(=O)CC2C(F)(F)F)nc2sccc2c1=O. The summed E-state index contributed by atoms with van der Waals surface area (Å²) in [6.45, 7) is 0. The molecule has 0 radical (unpaired) electrons. The van der Waals surface area contributed by atoms with Crippen LogP contribution in [0, 0.1) is 0 Å². The molecule has 12 heteroatoms. The van der Waals surface area contributed by atoms with E-state index in [-0.39, 0.29) is 22.1 Å². The van der Waals surface area contributed by atoms with Gasteiger partial charge in [0.2, 0.25) is 11.8 Å². The largest absolute Gasteiger partial charge is 0.409 e. The maximum absolute atomic E-state index is 13.8. The van der Waals surface area contributed by atoms with E-state index in [1.165, 1.54) is 41.2 Å². The number of amides is 2. The molecule has 0 fully saturated rings. The second kappa shape index (κ2) is 8.00. The van der Waals surface area contributed by atoms with E-state index >= 15 is 0 Å². The van der Waals surface area contributed by atoms with Crippen LogP contribution < -0.4 is 15.8 Å². The summed E-state index contributed by atoms with van der Waals surface area (Å²) in [5, 5.41) is 4.79. The van der Waals surface area contributed by atoms with E-state index in [4.69, 9.17) is 0 Å². The Morgan fingerprint density at radius 1 is 1.29 bits per heavy atom. The molecule has 0 spiro atoms. The molecule has 7 nitrogen and oxygen atoms in total. The van der Waals surface area contributed by atoms with Gasteiger partial charge in [0, 0.05) is 7.05 Å². The van der Waals surface area contributed by atoms with Gasteiger partial charge in [-0.15, -0.1) is 11.3 Å². The first-order valence-electron chi connectivity index (χ1n) is 9.01. The maximum Gasteiger partial charge on any atom is 0.409 e. The highest BCUT2D eigenvalue weighted by molar-refractivity contribution is 7.99. The first-order chi connectivity index (χ1) is 14.7. The standard InChI is InChI=1S/C19H15F3N4O3S2/c1-25-17(29)10-6-7-30-16(10)24-18(25)31-9-15(28)26-12-5-3-2-4-11(12)23-14(27)8-13(26)19(20,21)22/h2-7,13H,8-9H2,1H3,(H,23,27). The second-order valence-corrected chi connectivity index (χ2v) is 8.61. The summed E-state index contributed by atoms with van der Waals surface area (Å²) in [5.41, 5.74) is -0.204. The summed E-state index contributed by atoms with van der Waals surface area (Å²) >= 11 is 2.13. The predicted molar refractivity (Wildman–Crippen MR) is 113 cm³/mol. The van der Waals surface area contributed by atoms with Crippen molar-refractivity contribution in [1.82, 2.24) is 9.55 Å². The van der Waals surface area contributed by atoms with Crippen LogP contribution >= 0.6 is 23.1 Å². The van der Waals surface area contributed by atoms with Gasteiger partial charge in [0.05, 0.1) is 28.9 Å². The molecule has 0 bridgehead atoms. The summed E-state index contributed by atoms with van der Waals surface area (Å²) in [4.78, 5) is 42.9. The number of carbonyl (C=O) groups is 2. The number of fused-ring (bicyclic) bond motifs is 2. The molecule has 4 rings (SSSR count). The summed E-state index contributed by atoms with van der Waals surface area (Å²) in [6.07, 6.45) is -5.72. The highest BCUT2D eigenvalue weighted by atomic mass is 32.2. The Bertz CT molecular complexity index is 1240. The van der Waals surface area contributed by atoms with Gasteiger partial charge in [-0.1, -0.05) is 23.9 Å². The van der Waals surface area contributed by atoms with Gasteiger partial charge in [-0.3, -0.25) is 23.9 Å². The molecule has 2 aromatic heterocycles. The number of halogens is 3. The summed E-state index contributed by atoms with van der Waals surface area (Å²) < 4.78 is 42.6. The van der Waals surface area contributed by atoms with E-state index in [9.17, 15) is 27.6 Å². The van der Waals surface area contributed by atoms with Crippen LogP contribution in [-0.2, 0) is 16.6 Å². The topological polar surface area (TPSA) is 84.3 Å². The Labute approximate surface area is 181 Å².